The lowest BCUT2D eigenvalue weighted by atomic mass is 10.0. The van der Waals surface area contributed by atoms with Crippen molar-refractivity contribution in [1.82, 2.24) is 20.9 Å². The number of aliphatic imine (C=N–C) groups is 2. The first kappa shape index (κ1) is 36.7. The van der Waals surface area contributed by atoms with Gasteiger partial charge in [0.05, 0.1) is 6.04 Å². The number of carboxylic acids is 1. The van der Waals surface area contributed by atoms with Crippen LogP contribution in [0, 0.1) is 0 Å². The Balaban J connectivity index is 2.22. The van der Waals surface area contributed by atoms with Crippen molar-refractivity contribution >= 4 is 58.3 Å². The Bertz CT molecular complexity index is 1340. The Morgan fingerprint density at radius 1 is 0.844 bits per heavy atom. The second-order valence-electron chi connectivity index (χ2n) is 10.4. The fourth-order valence-corrected chi connectivity index (χ4v) is 4.94. The number of rotatable bonds is 20. The lowest BCUT2D eigenvalue weighted by Crippen LogP contribution is -2.57. The number of aliphatic carboxylic acids is 1. The number of fused-ring (bicyclic) bond motifs is 1. The molecule has 0 saturated carbocycles. The Hall–Kier alpha value is -4.51. The van der Waals surface area contributed by atoms with E-state index in [1.807, 2.05) is 30.5 Å². The molecule has 0 spiro atoms. The number of hydrogen-bond donors (Lipinski definition) is 10. The van der Waals surface area contributed by atoms with Crippen molar-refractivity contribution in [3.63, 3.8) is 0 Å². The number of para-hydroxylation sites is 1. The van der Waals surface area contributed by atoms with E-state index in [4.69, 9.17) is 28.7 Å². The molecular formula is C28H45N11O5S. The summed E-state index contributed by atoms with van der Waals surface area (Å²) in [6, 6.07) is 3.18. The first-order valence-corrected chi connectivity index (χ1v) is 15.9. The number of nitrogens with one attached hydrogen (secondary N) is 4. The average molecular weight is 648 g/mol. The summed E-state index contributed by atoms with van der Waals surface area (Å²) in [6.45, 7) is 0.487. The average Bonchev–Trinajstić information content (AvgIpc) is 3.40. The lowest BCUT2D eigenvalue weighted by molar-refractivity contribution is -0.142. The Morgan fingerprint density at radius 3 is 2.04 bits per heavy atom. The van der Waals surface area contributed by atoms with E-state index in [0.717, 1.165) is 16.5 Å². The van der Waals surface area contributed by atoms with Crippen LogP contribution in [0.25, 0.3) is 10.9 Å². The number of carbonyl (C=O) groups excluding carboxylic acids is 3. The number of hydrogen-bond acceptors (Lipinski definition) is 8. The molecule has 0 bridgehead atoms. The van der Waals surface area contributed by atoms with Gasteiger partial charge in [0.1, 0.15) is 18.1 Å². The van der Waals surface area contributed by atoms with Gasteiger partial charge < -0.3 is 54.7 Å². The summed E-state index contributed by atoms with van der Waals surface area (Å²) < 4.78 is 0. The third-order valence-corrected chi connectivity index (χ3v) is 7.48. The monoisotopic (exact) mass is 647 g/mol. The number of nitrogens with zero attached hydrogens (tertiary/aromatic N) is 2. The maximum Gasteiger partial charge on any atom is 0.326 e. The minimum Gasteiger partial charge on any atom is -0.480 e. The first-order chi connectivity index (χ1) is 21.4. The maximum absolute atomic E-state index is 13.7. The summed E-state index contributed by atoms with van der Waals surface area (Å²) in [5.41, 5.74) is 29.0. The molecule has 0 fully saturated rings. The summed E-state index contributed by atoms with van der Waals surface area (Å²) in [6.07, 6.45) is 5.00. The van der Waals surface area contributed by atoms with Gasteiger partial charge in [0.2, 0.25) is 17.7 Å². The number of aromatic nitrogens is 1. The molecule has 1 aromatic heterocycles. The molecule has 0 saturated heterocycles. The molecule has 0 aliphatic rings. The predicted molar refractivity (Wildman–Crippen MR) is 176 cm³/mol. The van der Waals surface area contributed by atoms with Gasteiger partial charge in [0, 0.05) is 36.6 Å². The topological polar surface area (TPSA) is 295 Å². The molecule has 45 heavy (non-hydrogen) atoms. The smallest absolute Gasteiger partial charge is 0.326 e. The van der Waals surface area contributed by atoms with E-state index >= 15 is 0 Å². The van der Waals surface area contributed by atoms with Crippen LogP contribution in [-0.2, 0) is 25.6 Å². The molecule has 17 heteroatoms. The third-order valence-electron chi connectivity index (χ3n) is 6.84. The molecule has 3 amide bonds. The number of amides is 3. The molecule has 4 atom stereocenters. The highest BCUT2D eigenvalue weighted by Crippen LogP contribution is 2.19. The van der Waals surface area contributed by atoms with Crippen LogP contribution < -0.4 is 44.6 Å². The summed E-state index contributed by atoms with van der Waals surface area (Å²) in [4.78, 5) is 62.8. The van der Waals surface area contributed by atoms with Gasteiger partial charge in [0.15, 0.2) is 11.9 Å². The zero-order valence-corrected chi connectivity index (χ0v) is 26.1. The van der Waals surface area contributed by atoms with E-state index in [2.05, 4.69) is 30.9 Å². The van der Waals surface area contributed by atoms with Crippen molar-refractivity contribution in [3.05, 3.63) is 36.0 Å². The van der Waals surface area contributed by atoms with Crippen LogP contribution in [0.15, 0.2) is 40.4 Å². The lowest BCUT2D eigenvalue weighted by Gasteiger charge is -2.25. The zero-order chi connectivity index (χ0) is 33.4. The second kappa shape index (κ2) is 19.0. The van der Waals surface area contributed by atoms with Crippen molar-refractivity contribution < 1.29 is 24.3 Å². The molecule has 2 aromatic rings. The molecule has 1 heterocycles. The minimum atomic E-state index is -1.23. The number of nitrogens with two attached hydrogens (primary N) is 5. The Labute approximate surface area is 265 Å². The van der Waals surface area contributed by atoms with Crippen LogP contribution in [-0.4, -0.2) is 95.0 Å². The number of carboxylic acid groups (broad SMARTS) is 1. The molecule has 0 unspecified atom stereocenters. The standard InChI is InChI=1S/C28H45N11O5S/c1-45-13-10-20(24(41)38-21(26(43)44)9-5-12-35-28(32)33)37-25(42)22(14-16-15-36-19-8-3-2-6-17(16)19)39-23(40)18(29)7-4-11-34-27(30)31/h2-3,6,8,15,18,20-22,36H,4-5,7,9-14,29H2,1H3,(H,37,42)(H,38,41)(H,39,40)(H,43,44)(H4,30,31,34)(H4,32,33,35)/t18-,20-,21-,22-/m0/s1. The highest BCUT2D eigenvalue weighted by Gasteiger charge is 2.30. The number of H-pyrrole nitrogens is 1. The molecule has 0 aliphatic carbocycles. The van der Waals surface area contributed by atoms with Crippen LogP contribution in [0.4, 0.5) is 0 Å². The van der Waals surface area contributed by atoms with Gasteiger partial charge in [-0.25, -0.2) is 4.79 Å². The number of thioether (sulfide) groups is 1. The van der Waals surface area contributed by atoms with Gasteiger partial charge in [-0.05, 0) is 55.7 Å². The van der Waals surface area contributed by atoms with E-state index < -0.39 is 47.9 Å². The summed E-state index contributed by atoms with van der Waals surface area (Å²) in [5, 5.41) is 18.5. The highest BCUT2D eigenvalue weighted by molar-refractivity contribution is 7.98. The normalized spacial score (nSPS) is 13.6. The van der Waals surface area contributed by atoms with Crippen molar-refractivity contribution in [2.24, 2.45) is 38.7 Å². The van der Waals surface area contributed by atoms with Crippen molar-refractivity contribution in [1.29, 1.82) is 0 Å². The molecule has 15 N–H and O–H groups in total. The number of aromatic amines is 1. The molecule has 1 aromatic carbocycles. The fourth-order valence-electron chi connectivity index (χ4n) is 4.47. The number of carbonyl (C=O) groups is 4. The quantitative estimate of drug-likeness (QED) is 0.0445. The van der Waals surface area contributed by atoms with Gasteiger partial charge >= 0.3 is 5.97 Å². The van der Waals surface area contributed by atoms with Gasteiger partial charge in [-0.15, -0.1) is 0 Å². The second-order valence-corrected chi connectivity index (χ2v) is 11.4. The highest BCUT2D eigenvalue weighted by atomic mass is 32.2. The van der Waals surface area contributed by atoms with Crippen molar-refractivity contribution in [3.8, 4) is 0 Å². The van der Waals surface area contributed by atoms with Gasteiger partial charge in [0.25, 0.3) is 0 Å². The van der Waals surface area contributed by atoms with Crippen molar-refractivity contribution in [2.75, 3.05) is 25.1 Å². The van der Waals surface area contributed by atoms with E-state index in [1.54, 1.807) is 6.20 Å². The molecule has 0 radical (unpaired) electrons. The van der Waals surface area contributed by atoms with Crippen LogP contribution in [0.2, 0.25) is 0 Å². The summed E-state index contributed by atoms with van der Waals surface area (Å²) in [7, 11) is 0. The molecule has 2 rings (SSSR count). The van der Waals surface area contributed by atoms with Crippen LogP contribution in [0.3, 0.4) is 0 Å². The van der Waals surface area contributed by atoms with E-state index in [-0.39, 0.29) is 44.1 Å². The maximum atomic E-state index is 13.7. The van der Waals surface area contributed by atoms with E-state index in [1.165, 1.54) is 11.8 Å². The van der Waals surface area contributed by atoms with Crippen molar-refractivity contribution in [2.45, 2.75) is 62.7 Å². The molecule has 248 valence electrons. The van der Waals surface area contributed by atoms with E-state index in [9.17, 15) is 24.3 Å². The fraction of sp³-hybridized carbons (Fsp3) is 0.500. The molecule has 16 nitrogen and oxygen atoms in total. The number of benzene rings is 1. The van der Waals surface area contributed by atoms with E-state index in [0.29, 0.717) is 25.1 Å². The molecule has 0 aliphatic heterocycles. The Morgan fingerprint density at radius 2 is 1.42 bits per heavy atom. The van der Waals surface area contributed by atoms with Crippen LogP contribution in [0.5, 0.6) is 0 Å². The summed E-state index contributed by atoms with van der Waals surface area (Å²) in [5.74, 6) is -2.77. The first-order valence-electron chi connectivity index (χ1n) is 14.5. The molecular weight excluding hydrogens is 602 g/mol. The minimum absolute atomic E-state index is 0.0656. The largest absolute Gasteiger partial charge is 0.480 e. The van der Waals surface area contributed by atoms with Gasteiger partial charge in [-0.3, -0.25) is 24.4 Å². The van der Waals surface area contributed by atoms with Gasteiger partial charge in [-0.2, -0.15) is 11.8 Å². The summed E-state index contributed by atoms with van der Waals surface area (Å²) >= 11 is 1.46. The number of guanidine groups is 2. The van der Waals surface area contributed by atoms with Gasteiger partial charge in [-0.1, -0.05) is 18.2 Å². The zero-order valence-electron chi connectivity index (χ0n) is 25.3. The Kier molecular flexibility index (Phi) is 15.5. The third kappa shape index (κ3) is 12.9. The predicted octanol–water partition coefficient (Wildman–Crippen LogP) is -1.56. The van der Waals surface area contributed by atoms with Crippen LogP contribution >= 0.6 is 11.8 Å². The SMILES string of the molecule is CSCC[C@H](NC(=O)[C@H](Cc1c[nH]c2ccccc12)NC(=O)[C@@H](N)CCCN=C(N)N)C(=O)N[C@@H](CCCN=C(N)N)C(=O)O. The van der Waals surface area contributed by atoms with Crippen LogP contribution in [0.1, 0.15) is 37.7 Å².